The number of fused-ring (bicyclic) bond motifs is 6. The molecule has 0 unspecified atom stereocenters. The fourth-order valence-electron chi connectivity index (χ4n) is 17.0. The lowest BCUT2D eigenvalue weighted by Gasteiger charge is -2.41. The first kappa shape index (κ1) is 79.3. The standard InChI is InChI=1S/C51H32N4O.C31H29BO3.C26H15BrN4.B/c52-33-34-24-26-36(27-25-34)49-53-48(35-14-4-1-5-15-35)54-50(55-49)43-30-29-40(41-20-10-11-21-42(41)43)37-28-31-45-47(32-37)56-46-23-13-12-22-44(46)51(45,38-16-6-2-7-17-38)39-18-8-3-9-19-39;1-29(2)30(3,4)35-32(34-29)24-19-20-26-28(21-24)33-27-18-12-11-17-25(27)31(26,22-13-7-5-8-14-22)23-15-9-6-10-16-23;27-23-15-14-22(20-8-4-5-9-21(20)23)26-30-24(18-6-2-1-3-7-18)29-25(31-26)19-12-10-17(16-28)11-13-19;/h1-32H;5-21H,1-4H3;1-15H;. The van der Waals surface area contributed by atoms with E-state index in [-0.39, 0.29) is 8.41 Å². The summed E-state index contributed by atoms with van der Waals surface area (Å²) in [5.74, 6) is 6.82. The third-order valence-electron chi connectivity index (χ3n) is 23.6. The van der Waals surface area contributed by atoms with Gasteiger partial charge in [0.05, 0.1) is 45.3 Å². The van der Waals surface area contributed by atoms with E-state index in [1.54, 1.807) is 24.3 Å². The van der Waals surface area contributed by atoms with Crippen LogP contribution in [0.4, 0.5) is 0 Å². The molecule has 18 aromatic rings. The Bertz CT molecular complexity index is 6970. The van der Waals surface area contributed by atoms with Crippen molar-refractivity contribution < 1.29 is 18.8 Å². The number of rotatable bonds is 12. The molecule has 3 aliphatic heterocycles. The molecule has 21 rings (SSSR count). The third-order valence-corrected chi connectivity index (χ3v) is 24.3. The largest absolute Gasteiger partial charge is 0.494 e. The van der Waals surface area contributed by atoms with Crippen molar-refractivity contribution in [1.29, 1.82) is 10.5 Å². The average molecular weight is 1650 g/mol. The van der Waals surface area contributed by atoms with Crippen LogP contribution in [0.25, 0.3) is 101 Å². The van der Waals surface area contributed by atoms with E-state index in [9.17, 15) is 5.26 Å². The number of ether oxygens (including phenoxy) is 2. The molecule has 1 saturated heterocycles. The van der Waals surface area contributed by atoms with Crippen molar-refractivity contribution in [1.82, 2.24) is 29.9 Å². The van der Waals surface area contributed by atoms with Crippen LogP contribution in [-0.4, -0.2) is 56.6 Å². The lowest BCUT2D eigenvalue weighted by molar-refractivity contribution is 0.00578. The number of nitrogens with zero attached hydrogens (tertiary/aromatic N) is 8. The van der Waals surface area contributed by atoms with Crippen LogP contribution < -0.4 is 14.9 Å². The van der Waals surface area contributed by atoms with E-state index >= 15 is 0 Å². The van der Waals surface area contributed by atoms with Gasteiger partial charge in [0.15, 0.2) is 34.9 Å². The van der Waals surface area contributed by atoms with Crippen molar-refractivity contribution >= 4 is 58.5 Å². The summed E-state index contributed by atoms with van der Waals surface area (Å²) in [7, 11) is -0.450. The average Bonchev–Trinajstić information content (AvgIpc) is 1.16. The van der Waals surface area contributed by atoms with Gasteiger partial charge in [-0.05, 0) is 179 Å². The number of hydrogen-bond acceptors (Lipinski definition) is 12. The number of halogens is 1. The molecular formula is C108H76B2BrN8O4. The number of benzene rings is 16. The van der Waals surface area contributed by atoms with E-state index in [1.807, 2.05) is 121 Å². The molecule has 0 spiro atoms. The molecule has 123 heavy (non-hydrogen) atoms. The first-order valence-electron chi connectivity index (χ1n) is 40.5. The molecule has 16 aromatic carbocycles. The molecule has 1 fully saturated rings. The number of nitriles is 2. The van der Waals surface area contributed by atoms with Gasteiger partial charge in [0.25, 0.3) is 0 Å². The van der Waals surface area contributed by atoms with Crippen LogP contribution >= 0.6 is 15.9 Å². The van der Waals surface area contributed by atoms with Gasteiger partial charge in [0.2, 0.25) is 0 Å². The third kappa shape index (κ3) is 14.7. The van der Waals surface area contributed by atoms with Crippen LogP contribution in [-0.2, 0) is 20.1 Å². The van der Waals surface area contributed by atoms with Crippen LogP contribution in [0.15, 0.2) is 393 Å². The van der Waals surface area contributed by atoms with Crippen molar-refractivity contribution in [3.8, 4) is 115 Å². The van der Waals surface area contributed by atoms with Gasteiger partial charge in [-0.1, -0.05) is 313 Å². The molecule has 0 bridgehead atoms. The monoisotopic (exact) mass is 1650 g/mol. The van der Waals surface area contributed by atoms with Crippen LogP contribution in [0, 0.1) is 22.7 Å². The highest BCUT2D eigenvalue weighted by atomic mass is 79.9. The van der Waals surface area contributed by atoms with Crippen LogP contribution in [0.3, 0.4) is 0 Å². The molecule has 2 aromatic heterocycles. The molecule has 12 nitrogen and oxygen atoms in total. The molecule has 15 heteroatoms. The summed E-state index contributed by atoms with van der Waals surface area (Å²) in [6.45, 7) is 8.31. The normalized spacial score (nSPS) is 13.8. The second kappa shape index (κ2) is 33.4. The Morgan fingerprint density at radius 1 is 0.276 bits per heavy atom. The zero-order valence-electron chi connectivity index (χ0n) is 67.7. The molecule has 0 atom stereocenters. The quantitative estimate of drug-likeness (QED) is 0.107. The van der Waals surface area contributed by atoms with Crippen molar-refractivity contribution in [3.63, 3.8) is 0 Å². The second-order valence-electron chi connectivity index (χ2n) is 31.3. The van der Waals surface area contributed by atoms with Gasteiger partial charge in [0.1, 0.15) is 23.0 Å². The minimum Gasteiger partial charge on any atom is -0.457 e. The maximum atomic E-state index is 9.41. The summed E-state index contributed by atoms with van der Waals surface area (Å²) < 4.78 is 27.1. The SMILES string of the molecule is CC1(C)OB(c2ccc3c(c2)Oc2ccccc2C3(c2ccccc2)c2ccccc2)OC1(C)C.N#Cc1ccc(-c2nc(-c3ccccc3)nc(-c3ccc(-c4ccc5c(c4)Oc4ccccc4C5(c4ccccc4)c4ccccc4)c4ccccc34)n2)cc1.N#Cc1ccc(-c2nc(-c3ccccc3)nc(-c3ccc(Br)c4ccccc34)n2)cc1.[B]. The fourth-order valence-corrected chi connectivity index (χ4v) is 17.5. The minimum absolute atomic E-state index is 0. The molecule has 5 heterocycles. The molecule has 585 valence electrons. The maximum Gasteiger partial charge on any atom is 0.494 e. The molecule has 0 aliphatic carbocycles. The van der Waals surface area contributed by atoms with E-state index in [0.29, 0.717) is 46.1 Å². The van der Waals surface area contributed by atoms with Crippen LogP contribution in [0.1, 0.15) is 83.3 Å². The Balaban J connectivity index is 0.000000133. The van der Waals surface area contributed by atoms with Crippen molar-refractivity contribution in [2.24, 2.45) is 0 Å². The zero-order valence-corrected chi connectivity index (χ0v) is 69.3. The first-order valence-corrected chi connectivity index (χ1v) is 41.3. The Kier molecular flexibility index (Phi) is 21.5. The van der Waals surface area contributed by atoms with Gasteiger partial charge in [-0.15, -0.1) is 0 Å². The second-order valence-corrected chi connectivity index (χ2v) is 32.1. The topological polar surface area (TPSA) is 162 Å². The van der Waals surface area contributed by atoms with E-state index in [2.05, 4.69) is 298 Å². The summed E-state index contributed by atoms with van der Waals surface area (Å²) >= 11 is 3.64. The number of aromatic nitrogens is 6. The lowest BCUT2D eigenvalue weighted by atomic mass is 9.63. The zero-order chi connectivity index (χ0) is 82.9. The first-order chi connectivity index (χ1) is 59.8. The van der Waals surface area contributed by atoms with E-state index in [1.165, 1.54) is 22.3 Å². The van der Waals surface area contributed by atoms with Gasteiger partial charge >= 0.3 is 7.12 Å². The summed E-state index contributed by atoms with van der Waals surface area (Å²) in [6.07, 6.45) is 0. The van der Waals surface area contributed by atoms with Gasteiger partial charge < -0.3 is 18.8 Å². The Hall–Kier alpha value is -14.8. The van der Waals surface area contributed by atoms with Gasteiger partial charge in [-0.2, -0.15) is 10.5 Å². The van der Waals surface area contributed by atoms with E-state index < -0.39 is 29.2 Å². The van der Waals surface area contributed by atoms with E-state index in [0.717, 1.165) is 121 Å². The molecule has 0 N–H and O–H groups in total. The predicted octanol–water partition coefficient (Wildman–Crippen LogP) is 24.8. The lowest BCUT2D eigenvalue weighted by Crippen LogP contribution is -2.41. The molecule has 0 saturated carbocycles. The van der Waals surface area contributed by atoms with Gasteiger partial charge in [0, 0.05) is 68.5 Å². The smallest absolute Gasteiger partial charge is 0.457 e. The fraction of sp³-hybridized carbons (Fsp3) is 0.0741. The molecule has 0 amide bonds. The van der Waals surface area contributed by atoms with Crippen molar-refractivity contribution in [2.75, 3.05) is 0 Å². The maximum absolute atomic E-state index is 9.41. The Morgan fingerprint density at radius 3 is 0.992 bits per heavy atom. The van der Waals surface area contributed by atoms with Crippen LogP contribution in [0.2, 0.25) is 0 Å². The number of para-hydroxylation sites is 2. The summed E-state index contributed by atoms with van der Waals surface area (Å²) in [6, 6.07) is 136. The van der Waals surface area contributed by atoms with Crippen molar-refractivity contribution in [2.45, 2.75) is 49.7 Å². The van der Waals surface area contributed by atoms with Crippen LogP contribution in [0.5, 0.6) is 23.0 Å². The molecule has 3 radical (unpaired) electrons. The molecular weight excluding hydrogens is 1570 g/mol. The summed E-state index contributed by atoms with van der Waals surface area (Å²) in [5.41, 5.74) is 16.8. The van der Waals surface area contributed by atoms with Gasteiger partial charge in [-0.25, -0.2) is 29.9 Å². The number of hydrogen-bond donors (Lipinski definition) is 0. The highest BCUT2D eigenvalue weighted by Crippen LogP contribution is 2.58. The Labute approximate surface area is 725 Å². The van der Waals surface area contributed by atoms with Gasteiger partial charge in [-0.3, -0.25) is 0 Å². The van der Waals surface area contributed by atoms with Crippen molar-refractivity contribution in [3.05, 3.63) is 448 Å². The predicted molar refractivity (Wildman–Crippen MR) is 495 cm³/mol. The minimum atomic E-state index is -0.584. The summed E-state index contributed by atoms with van der Waals surface area (Å²) in [4.78, 5) is 29.3. The summed E-state index contributed by atoms with van der Waals surface area (Å²) in [5, 5.41) is 22.8. The Morgan fingerprint density at radius 2 is 0.577 bits per heavy atom. The van der Waals surface area contributed by atoms with E-state index in [4.69, 9.17) is 53.9 Å². The molecule has 3 aliphatic rings. The highest BCUT2D eigenvalue weighted by molar-refractivity contribution is 9.10. The highest BCUT2D eigenvalue weighted by Gasteiger charge is 2.53.